The van der Waals surface area contributed by atoms with Crippen LogP contribution in [0.5, 0.6) is 0 Å². The van der Waals surface area contributed by atoms with Gasteiger partial charge in [-0.25, -0.2) is 0 Å². The molecule has 0 spiro atoms. The van der Waals surface area contributed by atoms with Gasteiger partial charge in [-0.1, -0.05) is 0 Å². The molecule has 3 atom stereocenters. The molecule has 0 N–H and O–H groups in total. The average Bonchev–Trinajstić information content (AvgIpc) is 3.06. The largest absolute Gasteiger partial charge is 0.469 e. The zero-order valence-electron chi connectivity index (χ0n) is 11.9. The Morgan fingerprint density at radius 2 is 2.20 bits per heavy atom. The normalized spacial score (nSPS) is 27.9. The van der Waals surface area contributed by atoms with Gasteiger partial charge in [0.15, 0.2) is 0 Å². The predicted molar refractivity (Wildman–Crippen MR) is 72.9 cm³/mol. The van der Waals surface area contributed by atoms with Crippen LogP contribution in [0.4, 0.5) is 0 Å². The number of hydrogen-bond donors (Lipinski definition) is 0. The van der Waals surface area contributed by atoms with Crippen LogP contribution < -0.4 is 0 Å². The third-order valence-corrected chi connectivity index (χ3v) is 4.40. The Hall–Kier alpha value is -1.78. The Morgan fingerprint density at radius 1 is 1.40 bits per heavy atom. The van der Waals surface area contributed by atoms with Crippen molar-refractivity contribution < 1.29 is 14.0 Å². The van der Waals surface area contributed by atoms with Crippen LogP contribution in [0.2, 0.25) is 0 Å². The first-order chi connectivity index (χ1) is 9.59. The maximum absolute atomic E-state index is 12.6. The molecule has 2 saturated heterocycles. The second-order valence-electron chi connectivity index (χ2n) is 5.74. The summed E-state index contributed by atoms with van der Waals surface area (Å²) in [6.07, 6.45) is 3.99. The minimum absolute atomic E-state index is 0.0321. The number of carbonyl (C=O) groups is 2. The number of nitrogens with zero attached hydrogens (tertiary/aromatic N) is 2. The molecule has 1 aromatic heterocycles. The van der Waals surface area contributed by atoms with Crippen molar-refractivity contribution in [1.29, 1.82) is 0 Å². The number of carbonyl (C=O) groups excluding carboxylic acids is 2. The molecule has 0 bridgehead atoms. The van der Waals surface area contributed by atoms with E-state index in [0.717, 1.165) is 25.1 Å². The van der Waals surface area contributed by atoms with E-state index in [1.54, 1.807) is 16.1 Å². The van der Waals surface area contributed by atoms with E-state index in [2.05, 4.69) is 0 Å². The van der Waals surface area contributed by atoms with Crippen LogP contribution in [0.3, 0.4) is 0 Å². The molecule has 1 aromatic rings. The summed E-state index contributed by atoms with van der Waals surface area (Å²) >= 11 is 0. The molecule has 5 heteroatoms. The summed E-state index contributed by atoms with van der Waals surface area (Å²) in [5.41, 5.74) is 0. The first-order valence-electron chi connectivity index (χ1n) is 7.24. The van der Waals surface area contributed by atoms with E-state index in [9.17, 15) is 9.59 Å². The molecule has 20 heavy (non-hydrogen) atoms. The van der Waals surface area contributed by atoms with E-state index < -0.39 is 0 Å². The Bertz CT molecular complexity index is 511. The molecule has 2 aliphatic heterocycles. The fourth-order valence-electron chi connectivity index (χ4n) is 3.43. The number of hydrogen-bond acceptors (Lipinski definition) is 3. The fourth-order valence-corrected chi connectivity index (χ4v) is 3.43. The van der Waals surface area contributed by atoms with E-state index in [0.29, 0.717) is 6.42 Å². The summed E-state index contributed by atoms with van der Waals surface area (Å²) in [4.78, 5) is 28.5. The van der Waals surface area contributed by atoms with Crippen molar-refractivity contribution in [3.05, 3.63) is 24.2 Å². The summed E-state index contributed by atoms with van der Waals surface area (Å²) in [5.74, 6) is 1.02. The van der Waals surface area contributed by atoms with Crippen molar-refractivity contribution >= 4 is 11.8 Å². The first kappa shape index (κ1) is 13.2. The van der Waals surface area contributed by atoms with Crippen LogP contribution in [0.1, 0.15) is 32.4 Å². The second-order valence-corrected chi connectivity index (χ2v) is 5.74. The number of fused-ring (bicyclic) bond motifs is 1. The lowest BCUT2D eigenvalue weighted by atomic mass is 10.0. The van der Waals surface area contributed by atoms with Crippen molar-refractivity contribution in [2.75, 3.05) is 6.54 Å². The highest BCUT2D eigenvalue weighted by Gasteiger charge is 2.47. The van der Waals surface area contributed by atoms with Crippen molar-refractivity contribution in [3.63, 3.8) is 0 Å². The van der Waals surface area contributed by atoms with Crippen LogP contribution in [0.25, 0.3) is 0 Å². The molecular weight excluding hydrogens is 256 g/mol. The summed E-state index contributed by atoms with van der Waals surface area (Å²) in [6.45, 7) is 4.53. The summed E-state index contributed by atoms with van der Waals surface area (Å²) in [7, 11) is 0. The summed E-state index contributed by atoms with van der Waals surface area (Å²) in [6, 6.07) is 3.10. The van der Waals surface area contributed by atoms with Gasteiger partial charge < -0.3 is 14.2 Å². The molecule has 2 fully saturated rings. The minimum Gasteiger partial charge on any atom is -0.469 e. The lowest BCUT2D eigenvalue weighted by molar-refractivity contribution is -0.160. The molecule has 2 aliphatic rings. The lowest BCUT2D eigenvalue weighted by Crippen LogP contribution is -2.64. The van der Waals surface area contributed by atoms with Crippen molar-refractivity contribution in [3.8, 4) is 0 Å². The standard InChI is InChI=1S/C15H20N2O3/c1-10(9-12-5-4-8-20-12)17-11(2)14(18)16-7-3-6-13(16)15(17)19/h4-5,8,10-11,13H,3,6-7,9H2,1-2H3. The Labute approximate surface area is 118 Å². The number of rotatable bonds is 3. The molecule has 3 rings (SSSR count). The second kappa shape index (κ2) is 4.96. The van der Waals surface area contributed by atoms with Crippen LogP contribution >= 0.6 is 0 Å². The van der Waals surface area contributed by atoms with E-state index in [1.807, 2.05) is 26.0 Å². The lowest BCUT2D eigenvalue weighted by Gasteiger charge is -2.43. The van der Waals surface area contributed by atoms with E-state index in [4.69, 9.17) is 4.42 Å². The molecule has 0 radical (unpaired) electrons. The number of piperazine rings is 1. The first-order valence-corrected chi connectivity index (χ1v) is 7.24. The fraction of sp³-hybridized carbons (Fsp3) is 0.600. The van der Waals surface area contributed by atoms with Gasteiger partial charge in [-0.15, -0.1) is 0 Å². The highest BCUT2D eigenvalue weighted by atomic mass is 16.3. The van der Waals surface area contributed by atoms with Gasteiger partial charge in [0.1, 0.15) is 17.8 Å². The number of amides is 2. The molecule has 0 aromatic carbocycles. The minimum atomic E-state index is -0.373. The van der Waals surface area contributed by atoms with Crippen molar-refractivity contribution in [2.24, 2.45) is 0 Å². The van der Waals surface area contributed by atoms with Gasteiger partial charge in [0.25, 0.3) is 0 Å². The molecule has 3 heterocycles. The summed E-state index contributed by atoms with van der Waals surface area (Å²) in [5, 5.41) is 0. The smallest absolute Gasteiger partial charge is 0.246 e. The summed E-state index contributed by atoms with van der Waals surface area (Å²) < 4.78 is 5.35. The van der Waals surface area contributed by atoms with Gasteiger partial charge in [0.2, 0.25) is 11.8 Å². The predicted octanol–water partition coefficient (Wildman–Crippen LogP) is 1.43. The van der Waals surface area contributed by atoms with Gasteiger partial charge in [0.05, 0.1) is 6.26 Å². The molecule has 5 nitrogen and oxygen atoms in total. The molecule has 2 amide bonds. The molecular formula is C15H20N2O3. The zero-order valence-corrected chi connectivity index (χ0v) is 11.9. The topological polar surface area (TPSA) is 53.8 Å². The molecule has 0 saturated carbocycles. The molecule has 0 aliphatic carbocycles. The average molecular weight is 276 g/mol. The van der Waals surface area contributed by atoms with Gasteiger partial charge in [0, 0.05) is 19.0 Å². The van der Waals surface area contributed by atoms with E-state index >= 15 is 0 Å². The SMILES string of the molecule is CC(Cc1ccco1)N1C(=O)C2CCCN2C(=O)C1C. The number of furan rings is 1. The monoisotopic (exact) mass is 276 g/mol. The zero-order chi connectivity index (χ0) is 14.3. The maximum Gasteiger partial charge on any atom is 0.246 e. The third-order valence-electron chi connectivity index (χ3n) is 4.40. The van der Waals surface area contributed by atoms with Gasteiger partial charge >= 0.3 is 0 Å². The molecule has 108 valence electrons. The van der Waals surface area contributed by atoms with Crippen molar-refractivity contribution in [2.45, 2.75) is 51.2 Å². The Morgan fingerprint density at radius 3 is 2.90 bits per heavy atom. The highest BCUT2D eigenvalue weighted by molar-refractivity contribution is 5.97. The quantitative estimate of drug-likeness (QED) is 0.839. The van der Waals surface area contributed by atoms with E-state index in [-0.39, 0.29) is 29.9 Å². The highest BCUT2D eigenvalue weighted by Crippen LogP contribution is 2.28. The molecule has 3 unspecified atom stereocenters. The Kier molecular flexibility index (Phi) is 3.28. The van der Waals surface area contributed by atoms with Gasteiger partial charge in [-0.05, 0) is 38.8 Å². The van der Waals surface area contributed by atoms with Gasteiger partial charge in [-0.2, -0.15) is 0 Å². The van der Waals surface area contributed by atoms with E-state index in [1.165, 1.54) is 0 Å². The van der Waals surface area contributed by atoms with Crippen LogP contribution in [0, 0.1) is 0 Å². The van der Waals surface area contributed by atoms with Crippen molar-refractivity contribution in [1.82, 2.24) is 9.80 Å². The third kappa shape index (κ3) is 2.01. The Balaban J connectivity index is 1.80. The van der Waals surface area contributed by atoms with Gasteiger partial charge in [-0.3, -0.25) is 9.59 Å². The van der Waals surface area contributed by atoms with Crippen LogP contribution in [0.15, 0.2) is 22.8 Å². The van der Waals surface area contributed by atoms with Crippen LogP contribution in [-0.2, 0) is 16.0 Å². The van der Waals surface area contributed by atoms with Crippen LogP contribution in [-0.4, -0.2) is 46.3 Å². The maximum atomic E-state index is 12.6.